The Morgan fingerprint density at radius 2 is 1.94 bits per heavy atom. The number of methoxy groups -OCH3 is 1. The number of nitrogens with one attached hydrogen (secondary N) is 1. The monoisotopic (exact) mass is 565 g/mol. The first kappa shape index (κ1) is 28.8. The fourth-order valence-electron chi connectivity index (χ4n) is 3.82. The highest BCUT2D eigenvalue weighted by atomic mass is 79.9. The molecule has 0 unspecified atom stereocenters. The van der Waals surface area contributed by atoms with Gasteiger partial charge in [0.2, 0.25) is 0 Å². The molecule has 1 N–H and O–H groups in total. The van der Waals surface area contributed by atoms with Crippen molar-refractivity contribution in [2.24, 2.45) is 4.99 Å². The number of aliphatic imine (C=N–C) groups is 1. The van der Waals surface area contributed by atoms with Gasteiger partial charge in [0.05, 0.1) is 23.5 Å². The van der Waals surface area contributed by atoms with Gasteiger partial charge in [-0.2, -0.15) is 0 Å². The van der Waals surface area contributed by atoms with Crippen LogP contribution in [0.1, 0.15) is 47.1 Å². The molecule has 0 aromatic heterocycles. The van der Waals surface area contributed by atoms with Crippen molar-refractivity contribution in [2.75, 3.05) is 39.9 Å². The van der Waals surface area contributed by atoms with Gasteiger partial charge in [0.15, 0.2) is 0 Å². The van der Waals surface area contributed by atoms with Crippen LogP contribution in [-0.2, 0) is 29.9 Å². The summed E-state index contributed by atoms with van der Waals surface area (Å²) in [6.45, 7) is 10.8. The topological polar surface area (TPSA) is 89.5 Å². The standard InChI is InChI=1S/C23H37BrFN3O5S/c1-21(2,3)33-20(29)28(15-32-12-11-31-8)19-22(4,5)34(30,26-7)14-23(6,27-19)17-13-16(24)9-10-18(17)25/h9-10,13,34H,11-12,14-15H2,1-8H3,(H,26,30)/t23-/m0/s1. The molecule has 1 atom stereocenters. The number of ether oxygens (including phenoxy) is 3. The summed E-state index contributed by atoms with van der Waals surface area (Å²) < 4.78 is 48.2. The second kappa shape index (κ2) is 10.7. The highest BCUT2D eigenvalue weighted by Crippen LogP contribution is 2.42. The van der Waals surface area contributed by atoms with Gasteiger partial charge in [0, 0.05) is 22.9 Å². The summed E-state index contributed by atoms with van der Waals surface area (Å²) in [6, 6.07) is 4.55. The van der Waals surface area contributed by atoms with E-state index in [0.717, 1.165) is 0 Å². The molecule has 1 heterocycles. The van der Waals surface area contributed by atoms with Gasteiger partial charge in [0.25, 0.3) is 0 Å². The number of amides is 1. The SMILES string of the molecule is CN[SH]1(=O)C[C@@](C)(c2cc(Br)ccc2F)N=C(N(COCCOC)C(=O)OC(C)(C)C)C1(C)C. The van der Waals surface area contributed by atoms with E-state index in [2.05, 4.69) is 20.7 Å². The van der Waals surface area contributed by atoms with Crippen molar-refractivity contribution >= 4 is 38.0 Å². The van der Waals surface area contributed by atoms with Crippen molar-refractivity contribution < 1.29 is 27.6 Å². The maximum Gasteiger partial charge on any atom is 0.417 e. The van der Waals surface area contributed by atoms with Crippen LogP contribution in [0.3, 0.4) is 0 Å². The highest BCUT2D eigenvalue weighted by molar-refractivity contribution is 9.10. The lowest BCUT2D eigenvalue weighted by Crippen LogP contribution is -2.65. The van der Waals surface area contributed by atoms with E-state index in [9.17, 15) is 9.00 Å². The molecule has 1 aliphatic rings. The molecule has 0 spiro atoms. The molecule has 0 saturated heterocycles. The number of nitrogens with zero attached hydrogens (tertiary/aromatic N) is 2. The van der Waals surface area contributed by atoms with Crippen molar-refractivity contribution in [3.8, 4) is 0 Å². The average Bonchev–Trinajstić information content (AvgIpc) is 2.72. The van der Waals surface area contributed by atoms with E-state index in [0.29, 0.717) is 11.1 Å². The molecule has 0 saturated carbocycles. The van der Waals surface area contributed by atoms with Crippen molar-refractivity contribution in [1.29, 1.82) is 0 Å². The van der Waals surface area contributed by atoms with E-state index in [1.807, 2.05) is 0 Å². The zero-order valence-electron chi connectivity index (χ0n) is 21.2. The van der Waals surface area contributed by atoms with Crippen LogP contribution in [0.5, 0.6) is 0 Å². The Bertz CT molecular complexity index is 982. The third kappa shape index (κ3) is 6.23. The Morgan fingerprint density at radius 1 is 1.29 bits per heavy atom. The van der Waals surface area contributed by atoms with Crippen LogP contribution in [0.2, 0.25) is 0 Å². The van der Waals surface area contributed by atoms with Crippen molar-refractivity contribution in [1.82, 2.24) is 9.62 Å². The van der Waals surface area contributed by atoms with Crippen molar-refractivity contribution in [3.63, 3.8) is 0 Å². The average molecular weight is 567 g/mol. The fourth-order valence-corrected chi connectivity index (χ4v) is 6.89. The number of hydrogen-bond donors (Lipinski definition) is 2. The van der Waals surface area contributed by atoms with E-state index < -0.39 is 37.9 Å². The molecule has 1 aromatic rings. The van der Waals surface area contributed by atoms with E-state index in [-0.39, 0.29) is 30.5 Å². The van der Waals surface area contributed by atoms with Crippen LogP contribution in [0.25, 0.3) is 0 Å². The number of amidine groups is 1. The largest absolute Gasteiger partial charge is 0.443 e. The lowest BCUT2D eigenvalue weighted by atomic mass is 9.93. The minimum atomic E-state index is -3.26. The number of carbonyl (C=O) groups excluding carboxylic acids is 1. The predicted molar refractivity (Wildman–Crippen MR) is 137 cm³/mol. The molecule has 0 radical (unpaired) electrons. The highest BCUT2D eigenvalue weighted by Gasteiger charge is 2.52. The second-order valence-corrected chi connectivity index (χ2v) is 14.2. The Morgan fingerprint density at radius 3 is 2.50 bits per heavy atom. The summed E-state index contributed by atoms with van der Waals surface area (Å²) in [6.07, 6.45) is -0.696. The first-order chi connectivity index (χ1) is 15.6. The number of rotatable bonds is 7. The molecule has 0 bridgehead atoms. The molecule has 2 rings (SSSR count). The number of benzene rings is 1. The molecule has 1 aromatic carbocycles. The first-order valence-electron chi connectivity index (χ1n) is 11.0. The summed E-state index contributed by atoms with van der Waals surface area (Å²) in [4.78, 5) is 19.4. The van der Waals surface area contributed by atoms with Crippen LogP contribution in [-0.4, -0.2) is 71.2 Å². The fraction of sp³-hybridized carbons (Fsp3) is 0.652. The zero-order chi connectivity index (χ0) is 25.9. The number of carbonyl (C=O) groups is 1. The van der Waals surface area contributed by atoms with Gasteiger partial charge in [-0.1, -0.05) is 15.9 Å². The minimum Gasteiger partial charge on any atom is -0.443 e. The molecule has 1 amide bonds. The summed E-state index contributed by atoms with van der Waals surface area (Å²) in [7, 11) is -0.104. The third-order valence-corrected chi connectivity index (χ3v) is 10.0. The molecule has 8 nitrogen and oxygen atoms in total. The zero-order valence-corrected chi connectivity index (χ0v) is 23.7. The predicted octanol–water partition coefficient (Wildman–Crippen LogP) is 4.00. The van der Waals surface area contributed by atoms with E-state index >= 15 is 4.39 Å². The van der Waals surface area contributed by atoms with E-state index in [1.54, 1.807) is 67.8 Å². The van der Waals surface area contributed by atoms with Gasteiger partial charge in [-0.25, -0.2) is 14.1 Å². The molecule has 0 fully saturated rings. The number of thiol groups is 1. The molecule has 1 aliphatic heterocycles. The maximum absolute atomic E-state index is 15.0. The van der Waals surface area contributed by atoms with E-state index in [1.165, 1.54) is 11.0 Å². The molecule has 194 valence electrons. The second-order valence-electron chi connectivity index (χ2n) is 9.95. The number of hydrogen-bond acceptors (Lipinski definition) is 6. The van der Waals surface area contributed by atoms with Crippen LogP contribution in [0, 0.1) is 5.82 Å². The Labute approximate surface area is 211 Å². The van der Waals surface area contributed by atoms with Crippen LogP contribution >= 0.6 is 15.9 Å². The Kier molecular flexibility index (Phi) is 9.07. The first-order valence-corrected chi connectivity index (χ1v) is 13.7. The van der Waals surface area contributed by atoms with Crippen molar-refractivity contribution in [2.45, 2.75) is 57.4 Å². The van der Waals surface area contributed by atoms with Crippen LogP contribution < -0.4 is 4.72 Å². The van der Waals surface area contributed by atoms with Gasteiger partial charge >= 0.3 is 6.09 Å². The molecule has 0 aliphatic carbocycles. The quantitative estimate of drug-likeness (QED) is 0.296. The third-order valence-electron chi connectivity index (χ3n) is 5.73. The molecular formula is C23H37BrFN3O5S. The smallest absolute Gasteiger partial charge is 0.417 e. The molecule has 34 heavy (non-hydrogen) atoms. The summed E-state index contributed by atoms with van der Waals surface area (Å²) in [5.74, 6) is -0.214. The van der Waals surface area contributed by atoms with Gasteiger partial charge in [-0.3, -0.25) is 13.9 Å². The minimum absolute atomic E-state index is 0.0626. The van der Waals surface area contributed by atoms with E-state index in [4.69, 9.17) is 19.2 Å². The molecular weight excluding hydrogens is 529 g/mol. The van der Waals surface area contributed by atoms with Gasteiger partial charge in [-0.15, -0.1) is 0 Å². The van der Waals surface area contributed by atoms with Crippen LogP contribution in [0.15, 0.2) is 27.7 Å². The van der Waals surface area contributed by atoms with Crippen LogP contribution in [0.4, 0.5) is 9.18 Å². The lowest BCUT2D eigenvalue weighted by Gasteiger charge is -2.50. The van der Waals surface area contributed by atoms with Gasteiger partial charge < -0.3 is 14.2 Å². The summed E-state index contributed by atoms with van der Waals surface area (Å²) in [5, 5.41) is 0. The normalized spacial score (nSPS) is 22.6. The Hall–Kier alpha value is -1.40. The van der Waals surface area contributed by atoms with Gasteiger partial charge in [0.1, 0.15) is 24.0 Å². The lowest BCUT2D eigenvalue weighted by molar-refractivity contribution is -0.00308. The summed E-state index contributed by atoms with van der Waals surface area (Å²) >= 11 is 3.39. The summed E-state index contributed by atoms with van der Waals surface area (Å²) in [5.41, 5.74) is -1.73. The Balaban J connectivity index is 2.70. The number of halogens is 2. The van der Waals surface area contributed by atoms with Gasteiger partial charge in [-0.05, 0) is 76.9 Å². The van der Waals surface area contributed by atoms with Crippen molar-refractivity contribution in [3.05, 3.63) is 34.1 Å². The maximum atomic E-state index is 15.0. The molecule has 11 heteroatoms.